The minimum absolute atomic E-state index is 0.0519. The molecule has 2 aromatic carbocycles. The number of phenols is 2. The summed E-state index contributed by atoms with van der Waals surface area (Å²) in [6.45, 7) is 0. The molecule has 1 saturated heterocycles. The summed E-state index contributed by atoms with van der Waals surface area (Å²) in [7, 11) is 1.37. The maximum absolute atomic E-state index is 12.7. The Bertz CT molecular complexity index is 1120. The van der Waals surface area contributed by atoms with Crippen molar-refractivity contribution in [3.05, 3.63) is 41.5 Å². The maximum atomic E-state index is 12.7. The fraction of sp³-hybridized carbons (Fsp3) is 0.364. The number of fused-ring (bicyclic) bond motifs is 1. The van der Waals surface area contributed by atoms with E-state index in [1.165, 1.54) is 25.3 Å². The first-order valence-corrected chi connectivity index (χ1v) is 10.1. The smallest absolute Gasteiger partial charge is 0.335 e. The number of hydrogen-bond donors (Lipinski definition) is 6. The van der Waals surface area contributed by atoms with Gasteiger partial charge in [0.1, 0.15) is 47.2 Å². The molecule has 2 aliphatic heterocycles. The summed E-state index contributed by atoms with van der Waals surface area (Å²) in [6.07, 6.45) is -10.1. The zero-order chi connectivity index (χ0) is 24.7. The van der Waals surface area contributed by atoms with Crippen LogP contribution in [0.15, 0.2) is 30.3 Å². The molecule has 0 unspecified atom stereocenters. The molecule has 0 radical (unpaired) electrons. The van der Waals surface area contributed by atoms with Crippen LogP contribution >= 0.6 is 0 Å². The number of aliphatic hydroxyl groups excluding tert-OH is 3. The molecule has 6 N–H and O–H groups in total. The third-order valence-electron chi connectivity index (χ3n) is 5.61. The van der Waals surface area contributed by atoms with E-state index in [0.29, 0.717) is 5.56 Å². The summed E-state index contributed by atoms with van der Waals surface area (Å²) in [4.78, 5) is 24.0. The number of ketones is 1. The first-order chi connectivity index (χ1) is 16.1. The lowest BCUT2D eigenvalue weighted by Gasteiger charge is -2.38. The highest BCUT2D eigenvalue weighted by atomic mass is 16.7. The lowest BCUT2D eigenvalue weighted by atomic mass is 9.95. The van der Waals surface area contributed by atoms with Crippen molar-refractivity contribution < 1.29 is 59.2 Å². The van der Waals surface area contributed by atoms with Gasteiger partial charge in [0.05, 0.1) is 13.5 Å². The molecule has 2 heterocycles. The van der Waals surface area contributed by atoms with E-state index in [9.17, 15) is 35.1 Å². The number of rotatable bonds is 5. The molecule has 0 saturated carbocycles. The molecule has 0 aromatic heterocycles. The molecule has 4 rings (SSSR count). The van der Waals surface area contributed by atoms with Gasteiger partial charge in [-0.15, -0.1) is 0 Å². The van der Waals surface area contributed by atoms with Crippen LogP contribution in [0.25, 0.3) is 0 Å². The van der Waals surface area contributed by atoms with Gasteiger partial charge in [-0.2, -0.15) is 0 Å². The van der Waals surface area contributed by atoms with E-state index in [1.807, 2.05) is 0 Å². The second kappa shape index (κ2) is 8.99. The first kappa shape index (κ1) is 23.6. The zero-order valence-electron chi connectivity index (χ0n) is 17.7. The number of aromatic hydroxyl groups is 2. The third-order valence-corrected chi connectivity index (χ3v) is 5.61. The van der Waals surface area contributed by atoms with Crippen molar-refractivity contribution in [3.8, 4) is 28.7 Å². The van der Waals surface area contributed by atoms with Gasteiger partial charge < -0.3 is 49.6 Å². The average molecular weight is 478 g/mol. The molecule has 0 spiro atoms. The van der Waals surface area contributed by atoms with Crippen LogP contribution in [-0.2, 0) is 9.53 Å². The van der Waals surface area contributed by atoms with Crippen molar-refractivity contribution in [2.45, 2.75) is 43.2 Å². The van der Waals surface area contributed by atoms with Gasteiger partial charge in [-0.3, -0.25) is 4.79 Å². The summed E-state index contributed by atoms with van der Waals surface area (Å²) in [5.74, 6) is -2.63. The fourth-order valence-electron chi connectivity index (χ4n) is 3.85. The van der Waals surface area contributed by atoms with Gasteiger partial charge >= 0.3 is 5.97 Å². The largest absolute Gasteiger partial charge is 0.507 e. The third kappa shape index (κ3) is 4.19. The molecule has 12 nitrogen and oxygen atoms in total. The van der Waals surface area contributed by atoms with Crippen LogP contribution in [0.1, 0.15) is 28.4 Å². The Morgan fingerprint density at radius 2 is 1.76 bits per heavy atom. The minimum atomic E-state index is -1.90. The van der Waals surface area contributed by atoms with Gasteiger partial charge in [0.15, 0.2) is 23.4 Å². The van der Waals surface area contributed by atoms with E-state index < -0.39 is 54.3 Å². The summed E-state index contributed by atoms with van der Waals surface area (Å²) in [6, 6.07) is 6.72. The highest BCUT2D eigenvalue weighted by Gasteiger charge is 2.48. The Labute approximate surface area is 192 Å². The SMILES string of the molecule is COc1cc([C@@H]2CC(=O)c3c(O)cc(O[C@@H]4O[C@H](C(=O)O)[C@@H](O)[C@H](O)[C@H]4O)cc3O2)ccc1O. The molecule has 2 aliphatic rings. The Morgan fingerprint density at radius 3 is 2.44 bits per heavy atom. The molecule has 0 aliphatic carbocycles. The van der Waals surface area contributed by atoms with Gasteiger partial charge in [0.25, 0.3) is 0 Å². The van der Waals surface area contributed by atoms with E-state index in [-0.39, 0.29) is 35.0 Å². The predicted molar refractivity (Wildman–Crippen MR) is 110 cm³/mol. The number of ether oxygens (including phenoxy) is 4. The van der Waals surface area contributed by atoms with Crippen LogP contribution in [0.3, 0.4) is 0 Å². The second-order valence-corrected chi connectivity index (χ2v) is 7.83. The lowest BCUT2D eigenvalue weighted by molar-refractivity contribution is -0.271. The van der Waals surface area contributed by atoms with Crippen molar-refractivity contribution in [3.63, 3.8) is 0 Å². The molecular formula is C22H22O12. The van der Waals surface area contributed by atoms with E-state index in [4.69, 9.17) is 24.1 Å². The van der Waals surface area contributed by atoms with Crippen LogP contribution in [0.5, 0.6) is 28.7 Å². The Morgan fingerprint density at radius 1 is 1.03 bits per heavy atom. The Kier molecular flexibility index (Phi) is 6.23. The minimum Gasteiger partial charge on any atom is -0.507 e. The summed E-state index contributed by atoms with van der Waals surface area (Å²) in [5.41, 5.74) is 0.422. The number of carboxylic acid groups (broad SMARTS) is 1. The van der Waals surface area contributed by atoms with E-state index >= 15 is 0 Å². The molecule has 0 amide bonds. The number of carbonyl (C=O) groups excluding carboxylic acids is 1. The lowest BCUT2D eigenvalue weighted by Crippen LogP contribution is -2.61. The standard InChI is InChI=1S/C22H22O12/c1-31-14-4-8(2-3-10(14)23)13-7-12(25)16-11(24)5-9(6-15(16)33-13)32-22-19(28)17(26)18(27)20(34-22)21(29)30/h2-6,13,17-20,22-24,26-28H,7H2,1H3,(H,29,30)/t13-,17-,18-,19+,20-,22+/m0/s1. The van der Waals surface area contributed by atoms with Gasteiger partial charge in [0.2, 0.25) is 6.29 Å². The van der Waals surface area contributed by atoms with Gasteiger partial charge in [-0.05, 0) is 17.7 Å². The van der Waals surface area contributed by atoms with Crippen LogP contribution in [0.4, 0.5) is 0 Å². The fourth-order valence-corrected chi connectivity index (χ4v) is 3.85. The number of hydrogen-bond acceptors (Lipinski definition) is 11. The number of Topliss-reactive ketones (excluding diaryl/α,β-unsaturated/α-hetero) is 1. The first-order valence-electron chi connectivity index (χ1n) is 10.1. The number of methoxy groups -OCH3 is 1. The molecule has 34 heavy (non-hydrogen) atoms. The van der Waals surface area contributed by atoms with Gasteiger partial charge in [-0.1, -0.05) is 6.07 Å². The van der Waals surface area contributed by atoms with E-state index in [0.717, 1.165) is 6.07 Å². The van der Waals surface area contributed by atoms with Gasteiger partial charge in [-0.25, -0.2) is 4.79 Å². The quantitative estimate of drug-likeness (QED) is 0.340. The van der Waals surface area contributed by atoms with Crippen LogP contribution in [0, 0.1) is 0 Å². The van der Waals surface area contributed by atoms with Gasteiger partial charge in [0, 0.05) is 12.1 Å². The Hall–Kier alpha value is -3.58. The van der Waals surface area contributed by atoms with Crippen molar-refractivity contribution in [2.24, 2.45) is 0 Å². The maximum Gasteiger partial charge on any atom is 0.335 e. The topological polar surface area (TPSA) is 192 Å². The van der Waals surface area contributed by atoms with Crippen LogP contribution < -0.4 is 14.2 Å². The summed E-state index contributed by atoms with van der Waals surface area (Å²) >= 11 is 0. The molecule has 12 heteroatoms. The van der Waals surface area contributed by atoms with Crippen molar-refractivity contribution in [2.75, 3.05) is 7.11 Å². The predicted octanol–water partition coefficient (Wildman–Crippen LogP) is 0.0839. The number of carbonyl (C=O) groups is 2. The van der Waals surface area contributed by atoms with Crippen molar-refractivity contribution in [1.29, 1.82) is 0 Å². The number of carboxylic acids is 1. The monoisotopic (exact) mass is 478 g/mol. The number of phenolic OH excluding ortho intramolecular Hbond substituents is 2. The average Bonchev–Trinajstić information content (AvgIpc) is 2.79. The molecule has 6 atom stereocenters. The van der Waals surface area contributed by atoms with Crippen molar-refractivity contribution in [1.82, 2.24) is 0 Å². The molecular weight excluding hydrogens is 456 g/mol. The highest BCUT2D eigenvalue weighted by molar-refractivity contribution is 6.02. The Balaban J connectivity index is 1.61. The van der Waals surface area contributed by atoms with Crippen molar-refractivity contribution >= 4 is 11.8 Å². The van der Waals surface area contributed by atoms with Crippen LogP contribution in [0.2, 0.25) is 0 Å². The highest BCUT2D eigenvalue weighted by Crippen LogP contribution is 2.43. The van der Waals surface area contributed by atoms with E-state index in [1.54, 1.807) is 6.07 Å². The second-order valence-electron chi connectivity index (χ2n) is 7.83. The normalized spacial score (nSPS) is 28.5. The molecule has 182 valence electrons. The van der Waals surface area contributed by atoms with E-state index in [2.05, 4.69) is 0 Å². The molecule has 1 fully saturated rings. The number of aliphatic hydroxyl groups is 3. The van der Waals surface area contributed by atoms with Crippen LogP contribution in [-0.4, -0.2) is 80.2 Å². The summed E-state index contributed by atoms with van der Waals surface area (Å²) in [5, 5.41) is 59.2. The molecule has 2 aromatic rings. The zero-order valence-corrected chi connectivity index (χ0v) is 17.7. The number of benzene rings is 2. The summed E-state index contributed by atoms with van der Waals surface area (Å²) < 4.78 is 21.5. The molecule has 0 bridgehead atoms. The number of aliphatic carboxylic acids is 1.